The zero-order chi connectivity index (χ0) is 9.90. The van der Waals surface area contributed by atoms with Gasteiger partial charge >= 0.3 is 7.60 Å². The van der Waals surface area contributed by atoms with Gasteiger partial charge in [0.25, 0.3) is 0 Å². The van der Waals surface area contributed by atoms with E-state index < -0.39 is 23.9 Å². The predicted molar refractivity (Wildman–Crippen MR) is 45.1 cm³/mol. The smallest absolute Gasteiger partial charge is 0.324 e. The lowest BCUT2D eigenvalue weighted by molar-refractivity contribution is 0.379. The van der Waals surface area contributed by atoms with E-state index in [-0.39, 0.29) is 5.88 Å². The first-order chi connectivity index (χ1) is 5.97. The Labute approximate surface area is 76.4 Å². The van der Waals surface area contributed by atoms with Gasteiger partial charge < -0.3 is 9.79 Å². The molecule has 0 bridgehead atoms. The molecule has 0 aliphatic carbocycles. The predicted octanol–water partition coefficient (Wildman–Crippen LogP) is -0.881. The van der Waals surface area contributed by atoms with Crippen LogP contribution in [0.4, 0.5) is 0 Å². The zero-order valence-electron chi connectivity index (χ0n) is 6.48. The summed E-state index contributed by atoms with van der Waals surface area (Å²) in [7, 11) is -5.82. The molecule has 74 valence electrons. The van der Waals surface area contributed by atoms with Crippen molar-refractivity contribution in [1.82, 2.24) is 14.8 Å². The lowest BCUT2D eigenvalue weighted by Gasteiger charge is -2.03. The minimum atomic E-state index is -4.20. The van der Waals surface area contributed by atoms with Crippen LogP contribution < -0.4 is 0 Å². The monoisotopic (exact) mass is 225 g/mol. The first kappa shape index (κ1) is 10.5. The fraction of sp³-hybridized carbons (Fsp3) is 0.500. The van der Waals surface area contributed by atoms with Crippen LogP contribution in [-0.4, -0.2) is 34.3 Å². The average Bonchev–Trinajstić information content (AvgIpc) is 2.34. The van der Waals surface area contributed by atoms with Crippen LogP contribution in [0.3, 0.4) is 0 Å². The van der Waals surface area contributed by atoms with Gasteiger partial charge in [0.15, 0.2) is 0 Å². The molecule has 13 heavy (non-hydrogen) atoms. The summed E-state index contributed by atoms with van der Waals surface area (Å²) in [5.41, 5.74) is -0.646. The van der Waals surface area contributed by atoms with E-state index in [0.29, 0.717) is 0 Å². The lowest BCUT2D eigenvalue weighted by atomic mass is 11.2. The molecule has 1 rings (SSSR count). The first-order valence-electron chi connectivity index (χ1n) is 3.19. The molecule has 1 atom stereocenters. The van der Waals surface area contributed by atoms with Crippen molar-refractivity contribution in [1.29, 1.82) is 0 Å². The summed E-state index contributed by atoms with van der Waals surface area (Å²) >= 11 is 0. The molecule has 0 aliphatic heterocycles. The molecule has 9 heteroatoms. The van der Waals surface area contributed by atoms with Crippen molar-refractivity contribution >= 4 is 18.4 Å². The highest BCUT2D eigenvalue weighted by molar-refractivity contribution is 7.91. The van der Waals surface area contributed by atoms with Gasteiger partial charge in [0.2, 0.25) is 0 Å². The fourth-order valence-corrected chi connectivity index (χ4v) is 2.93. The molecule has 0 spiro atoms. The Hall–Kier alpha value is -0.560. The summed E-state index contributed by atoms with van der Waals surface area (Å²) in [4.78, 5) is 20.6. The number of aromatic nitrogens is 3. The molecule has 2 N–H and O–H groups in total. The van der Waals surface area contributed by atoms with Crippen LogP contribution in [0, 0.1) is 0 Å². The van der Waals surface area contributed by atoms with E-state index in [9.17, 15) is 8.77 Å². The summed E-state index contributed by atoms with van der Waals surface area (Å²) < 4.78 is 22.7. The van der Waals surface area contributed by atoms with Gasteiger partial charge in [-0.2, -0.15) is 5.10 Å². The molecule has 1 aromatic heterocycles. The normalized spacial score (nSPS) is 14.3. The quantitative estimate of drug-likeness (QED) is 0.644. The van der Waals surface area contributed by atoms with Crippen molar-refractivity contribution < 1.29 is 18.6 Å². The molecule has 1 unspecified atom stereocenters. The van der Waals surface area contributed by atoms with E-state index in [4.69, 9.17) is 9.79 Å². The van der Waals surface area contributed by atoms with Gasteiger partial charge in [-0.05, 0) is 0 Å². The van der Waals surface area contributed by atoms with Crippen LogP contribution in [0.15, 0.2) is 12.7 Å². The summed E-state index contributed by atoms with van der Waals surface area (Å²) in [5.74, 6) is -0.0505. The van der Waals surface area contributed by atoms with Crippen molar-refractivity contribution in [2.45, 2.75) is 5.88 Å². The van der Waals surface area contributed by atoms with E-state index >= 15 is 0 Å². The molecule has 1 heterocycles. The Morgan fingerprint density at radius 3 is 2.69 bits per heavy atom. The van der Waals surface area contributed by atoms with E-state index in [1.807, 2.05) is 0 Å². The molecular formula is C4H8N3O4PS. The SMILES string of the molecule is O=S(Cn1cncn1)CP(=O)(O)O. The van der Waals surface area contributed by atoms with Crippen LogP contribution in [0.5, 0.6) is 0 Å². The highest BCUT2D eigenvalue weighted by atomic mass is 32.2. The van der Waals surface area contributed by atoms with E-state index in [1.54, 1.807) is 0 Å². The molecule has 0 radical (unpaired) electrons. The molecule has 0 saturated carbocycles. The minimum absolute atomic E-state index is 0.0505. The second-order valence-corrected chi connectivity index (χ2v) is 5.80. The highest BCUT2D eigenvalue weighted by Gasteiger charge is 2.17. The van der Waals surface area contributed by atoms with Crippen LogP contribution in [0.1, 0.15) is 0 Å². The first-order valence-corrected chi connectivity index (χ1v) is 6.48. The van der Waals surface area contributed by atoms with Gasteiger partial charge in [-0.15, -0.1) is 0 Å². The van der Waals surface area contributed by atoms with Gasteiger partial charge in [0.05, 0.1) is 10.8 Å². The number of hydrogen-bond donors (Lipinski definition) is 2. The molecule has 0 fully saturated rings. The van der Waals surface area contributed by atoms with Gasteiger partial charge in [-0.3, -0.25) is 8.77 Å². The van der Waals surface area contributed by atoms with E-state index in [1.165, 1.54) is 17.3 Å². The Kier molecular flexibility index (Phi) is 3.32. The second-order valence-electron chi connectivity index (χ2n) is 2.30. The third-order valence-electron chi connectivity index (χ3n) is 1.06. The standard InChI is InChI=1S/C4H8N3O4PS/c8-12(9,10)4-13(11)3-7-2-5-1-6-7/h1-2H,3-4H2,(H2,8,9,10). The van der Waals surface area contributed by atoms with Crippen molar-refractivity contribution in [3.63, 3.8) is 0 Å². The zero-order valence-corrected chi connectivity index (χ0v) is 8.19. The lowest BCUT2D eigenvalue weighted by Crippen LogP contribution is -2.08. The van der Waals surface area contributed by atoms with E-state index in [2.05, 4.69) is 10.1 Å². The molecular weight excluding hydrogens is 217 g/mol. The largest absolute Gasteiger partial charge is 0.338 e. The van der Waals surface area contributed by atoms with Gasteiger partial charge in [0.1, 0.15) is 24.0 Å². The number of hydrogen-bond acceptors (Lipinski definition) is 4. The maximum Gasteiger partial charge on any atom is 0.338 e. The maximum absolute atomic E-state index is 11.1. The third-order valence-corrected chi connectivity index (χ3v) is 4.10. The Morgan fingerprint density at radius 2 is 2.23 bits per heavy atom. The summed E-state index contributed by atoms with van der Waals surface area (Å²) in [6.45, 7) is 0. The molecule has 1 aromatic rings. The van der Waals surface area contributed by atoms with Gasteiger partial charge in [-0.25, -0.2) is 9.67 Å². The summed E-state index contributed by atoms with van der Waals surface area (Å²) in [6.07, 6.45) is 2.59. The molecule has 7 nitrogen and oxygen atoms in total. The highest BCUT2D eigenvalue weighted by Crippen LogP contribution is 2.35. The van der Waals surface area contributed by atoms with Crippen LogP contribution in [0.2, 0.25) is 0 Å². The van der Waals surface area contributed by atoms with Gasteiger partial charge in [-0.1, -0.05) is 0 Å². The van der Waals surface area contributed by atoms with Gasteiger partial charge in [0, 0.05) is 0 Å². The molecule has 0 saturated heterocycles. The maximum atomic E-state index is 11.1. The summed E-state index contributed by atoms with van der Waals surface area (Å²) in [6, 6.07) is 0. The molecule has 0 aliphatic rings. The number of rotatable bonds is 4. The minimum Gasteiger partial charge on any atom is -0.324 e. The second kappa shape index (κ2) is 4.10. The fourth-order valence-electron chi connectivity index (χ4n) is 0.675. The van der Waals surface area contributed by atoms with E-state index in [0.717, 1.165) is 0 Å². The van der Waals surface area contributed by atoms with Crippen LogP contribution in [0.25, 0.3) is 0 Å². The molecule has 0 amide bonds. The van der Waals surface area contributed by atoms with Crippen molar-refractivity contribution in [3.8, 4) is 0 Å². The Morgan fingerprint density at radius 1 is 1.54 bits per heavy atom. The number of nitrogens with zero attached hydrogens (tertiary/aromatic N) is 3. The summed E-state index contributed by atoms with van der Waals surface area (Å²) in [5, 5.41) is 3.65. The molecule has 0 aromatic carbocycles. The van der Waals surface area contributed by atoms with Crippen molar-refractivity contribution in [2.24, 2.45) is 0 Å². The van der Waals surface area contributed by atoms with Crippen molar-refractivity contribution in [2.75, 3.05) is 5.49 Å². The topological polar surface area (TPSA) is 105 Å². The Balaban J connectivity index is 2.48. The van der Waals surface area contributed by atoms with Crippen LogP contribution >= 0.6 is 7.60 Å². The average molecular weight is 225 g/mol. The Bertz CT molecular complexity index is 333. The van der Waals surface area contributed by atoms with Crippen LogP contribution in [-0.2, 0) is 21.2 Å². The third kappa shape index (κ3) is 4.28. The van der Waals surface area contributed by atoms with Crippen molar-refractivity contribution in [3.05, 3.63) is 12.7 Å².